The van der Waals surface area contributed by atoms with E-state index in [-0.39, 0.29) is 0 Å². The molecule has 16 heavy (non-hydrogen) atoms. The highest BCUT2D eigenvalue weighted by atomic mass is 79.9. The molecule has 0 saturated carbocycles. The van der Waals surface area contributed by atoms with Crippen LogP contribution in [-0.4, -0.2) is 11.7 Å². The Kier molecular flexibility index (Phi) is 4.55. The van der Waals surface area contributed by atoms with E-state index in [0.29, 0.717) is 6.54 Å². The zero-order chi connectivity index (χ0) is 11.4. The van der Waals surface area contributed by atoms with Gasteiger partial charge in [-0.1, -0.05) is 0 Å². The third-order valence-electron chi connectivity index (χ3n) is 2.19. The van der Waals surface area contributed by atoms with Crippen LogP contribution in [0, 0.1) is 0 Å². The highest BCUT2D eigenvalue weighted by molar-refractivity contribution is 9.11. The molecule has 2 N–H and O–H groups in total. The summed E-state index contributed by atoms with van der Waals surface area (Å²) in [6.45, 7) is 1.39. The molecule has 2 aromatic heterocycles. The number of nitrogens with one attached hydrogen (secondary N) is 1. The maximum Gasteiger partial charge on any atom is 0.0922 e. The Bertz CT molecular complexity index is 427. The molecule has 2 nitrogen and oxygen atoms in total. The predicted octanol–water partition coefficient (Wildman–Crippen LogP) is 3.40. The first-order valence-electron chi connectivity index (χ1n) is 4.91. The van der Waals surface area contributed by atoms with Gasteiger partial charge in [0.2, 0.25) is 0 Å². The number of aliphatic hydroxyl groups is 1. The fourth-order valence-electron chi connectivity index (χ4n) is 1.36. The van der Waals surface area contributed by atoms with Gasteiger partial charge in [0.25, 0.3) is 0 Å². The molecule has 1 unspecified atom stereocenters. The summed E-state index contributed by atoms with van der Waals surface area (Å²) < 4.78 is 1.14. The van der Waals surface area contributed by atoms with Crippen LogP contribution in [0.15, 0.2) is 32.7 Å². The van der Waals surface area contributed by atoms with Gasteiger partial charge in [-0.2, -0.15) is 11.3 Å². The lowest BCUT2D eigenvalue weighted by molar-refractivity contribution is 0.175. The highest BCUT2D eigenvalue weighted by Crippen LogP contribution is 2.22. The minimum Gasteiger partial charge on any atom is -0.387 e. The number of hydrogen-bond donors (Lipinski definition) is 2. The predicted molar refractivity (Wildman–Crippen MR) is 73.0 cm³/mol. The Morgan fingerprint density at radius 2 is 2.25 bits per heavy atom. The molecule has 0 aliphatic carbocycles. The summed E-state index contributed by atoms with van der Waals surface area (Å²) in [7, 11) is 0. The normalized spacial score (nSPS) is 12.9. The SMILES string of the molecule is OC(CNCc1ccc(Br)s1)c1ccsc1. The summed E-state index contributed by atoms with van der Waals surface area (Å²) in [6.07, 6.45) is -0.408. The average Bonchev–Trinajstić information content (AvgIpc) is 2.89. The van der Waals surface area contributed by atoms with Crippen molar-refractivity contribution in [3.05, 3.63) is 43.2 Å². The molecule has 86 valence electrons. The molecule has 0 bridgehead atoms. The van der Waals surface area contributed by atoms with E-state index in [1.54, 1.807) is 22.7 Å². The molecule has 1 atom stereocenters. The summed E-state index contributed by atoms with van der Waals surface area (Å²) in [5, 5.41) is 17.0. The minimum absolute atomic E-state index is 0.408. The number of thiophene rings is 2. The second kappa shape index (κ2) is 5.93. The number of halogens is 1. The van der Waals surface area contributed by atoms with Gasteiger partial charge in [-0.3, -0.25) is 0 Å². The van der Waals surface area contributed by atoms with Crippen LogP contribution >= 0.6 is 38.6 Å². The van der Waals surface area contributed by atoms with Crippen molar-refractivity contribution in [2.45, 2.75) is 12.6 Å². The van der Waals surface area contributed by atoms with Crippen LogP contribution in [0.5, 0.6) is 0 Å². The van der Waals surface area contributed by atoms with Crippen molar-refractivity contribution >= 4 is 38.6 Å². The molecule has 0 saturated heterocycles. The lowest BCUT2D eigenvalue weighted by Crippen LogP contribution is -2.20. The monoisotopic (exact) mass is 317 g/mol. The van der Waals surface area contributed by atoms with Gasteiger partial charge in [0.05, 0.1) is 9.89 Å². The molecule has 0 aliphatic rings. The van der Waals surface area contributed by atoms with Gasteiger partial charge < -0.3 is 10.4 Å². The number of hydrogen-bond acceptors (Lipinski definition) is 4. The van der Waals surface area contributed by atoms with Crippen molar-refractivity contribution in [3.8, 4) is 0 Å². The van der Waals surface area contributed by atoms with Gasteiger partial charge >= 0.3 is 0 Å². The topological polar surface area (TPSA) is 32.3 Å². The first-order chi connectivity index (χ1) is 7.75. The molecule has 0 amide bonds. The fraction of sp³-hybridized carbons (Fsp3) is 0.273. The maximum absolute atomic E-state index is 9.83. The molecule has 2 heterocycles. The van der Waals surface area contributed by atoms with E-state index in [0.717, 1.165) is 15.9 Å². The third kappa shape index (κ3) is 3.40. The second-order valence-corrected chi connectivity index (χ2v) is 6.74. The molecule has 0 radical (unpaired) electrons. The molecule has 2 aromatic rings. The summed E-state index contributed by atoms with van der Waals surface area (Å²) >= 11 is 6.75. The standard InChI is InChI=1S/C11H12BrNOS2/c12-11-2-1-9(16-11)5-13-6-10(14)8-3-4-15-7-8/h1-4,7,10,13-14H,5-6H2. The third-order valence-corrected chi connectivity index (χ3v) is 4.52. The van der Waals surface area contributed by atoms with Gasteiger partial charge in [-0.05, 0) is 50.5 Å². The molecule has 5 heteroatoms. The van der Waals surface area contributed by atoms with Crippen molar-refractivity contribution in [2.24, 2.45) is 0 Å². The second-order valence-electron chi connectivity index (χ2n) is 3.41. The van der Waals surface area contributed by atoms with E-state index >= 15 is 0 Å². The molecule has 0 aromatic carbocycles. The summed E-state index contributed by atoms with van der Waals surface area (Å²) in [5.74, 6) is 0. The minimum atomic E-state index is -0.408. The van der Waals surface area contributed by atoms with Gasteiger partial charge in [0, 0.05) is 18.0 Å². The van der Waals surface area contributed by atoms with Crippen LogP contribution in [0.25, 0.3) is 0 Å². The lowest BCUT2D eigenvalue weighted by atomic mass is 10.2. The number of rotatable bonds is 5. The van der Waals surface area contributed by atoms with E-state index in [9.17, 15) is 5.11 Å². The quantitative estimate of drug-likeness (QED) is 0.886. The molecular weight excluding hydrogens is 306 g/mol. The van der Waals surface area contributed by atoms with Crippen molar-refractivity contribution < 1.29 is 5.11 Å². The molecular formula is C11H12BrNOS2. The van der Waals surface area contributed by atoms with Crippen molar-refractivity contribution in [3.63, 3.8) is 0 Å². The van der Waals surface area contributed by atoms with Crippen LogP contribution < -0.4 is 5.32 Å². The van der Waals surface area contributed by atoms with Crippen molar-refractivity contribution in [2.75, 3.05) is 6.54 Å². The lowest BCUT2D eigenvalue weighted by Gasteiger charge is -2.09. The van der Waals surface area contributed by atoms with Gasteiger partial charge in [0.1, 0.15) is 0 Å². The van der Waals surface area contributed by atoms with Crippen LogP contribution in [0.4, 0.5) is 0 Å². The van der Waals surface area contributed by atoms with E-state index in [1.807, 2.05) is 22.9 Å². The Labute approximate surface area is 111 Å². The zero-order valence-electron chi connectivity index (χ0n) is 8.52. The zero-order valence-corrected chi connectivity index (χ0v) is 11.7. The van der Waals surface area contributed by atoms with Crippen molar-refractivity contribution in [1.82, 2.24) is 5.32 Å². The van der Waals surface area contributed by atoms with E-state index in [1.165, 1.54) is 4.88 Å². The Morgan fingerprint density at radius 3 is 2.88 bits per heavy atom. The Balaban J connectivity index is 1.76. The number of aliphatic hydroxyl groups excluding tert-OH is 1. The first kappa shape index (κ1) is 12.3. The Hall–Kier alpha value is -0.200. The van der Waals surface area contributed by atoms with Gasteiger partial charge in [-0.25, -0.2) is 0 Å². The van der Waals surface area contributed by atoms with E-state index < -0.39 is 6.10 Å². The van der Waals surface area contributed by atoms with Crippen LogP contribution in [0.3, 0.4) is 0 Å². The van der Waals surface area contributed by atoms with Gasteiger partial charge in [-0.15, -0.1) is 11.3 Å². The van der Waals surface area contributed by atoms with Gasteiger partial charge in [0.15, 0.2) is 0 Å². The van der Waals surface area contributed by atoms with E-state index in [2.05, 4.69) is 27.3 Å². The smallest absolute Gasteiger partial charge is 0.0922 e. The van der Waals surface area contributed by atoms with Crippen LogP contribution in [0.2, 0.25) is 0 Å². The largest absolute Gasteiger partial charge is 0.387 e. The van der Waals surface area contributed by atoms with Crippen LogP contribution in [0.1, 0.15) is 16.5 Å². The summed E-state index contributed by atoms with van der Waals surface area (Å²) in [6, 6.07) is 6.08. The summed E-state index contributed by atoms with van der Waals surface area (Å²) in [4.78, 5) is 1.27. The maximum atomic E-state index is 9.83. The average molecular weight is 318 g/mol. The molecule has 2 rings (SSSR count). The van der Waals surface area contributed by atoms with E-state index in [4.69, 9.17) is 0 Å². The van der Waals surface area contributed by atoms with Crippen molar-refractivity contribution in [1.29, 1.82) is 0 Å². The molecule has 0 aliphatic heterocycles. The fourth-order valence-corrected chi connectivity index (χ4v) is 3.52. The molecule has 0 spiro atoms. The summed E-state index contributed by atoms with van der Waals surface area (Å²) in [5.41, 5.74) is 0.991. The van der Waals surface area contributed by atoms with Crippen LogP contribution in [-0.2, 0) is 6.54 Å². The Morgan fingerprint density at radius 1 is 1.38 bits per heavy atom. The first-order valence-corrected chi connectivity index (χ1v) is 7.46. The molecule has 0 fully saturated rings. The highest BCUT2D eigenvalue weighted by Gasteiger charge is 2.07.